The molecule has 0 aliphatic carbocycles. The zero-order chi connectivity index (χ0) is 13.7. The molecule has 98 valence electrons. The smallest absolute Gasteiger partial charge is 0.101 e. The average Bonchev–Trinajstić information content (AvgIpc) is 2.43. The number of terminal acetylenes is 1. The van der Waals surface area contributed by atoms with Crippen LogP contribution in [-0.2, 0) is 0 Å². The first-order valence-electron chi connectivity index (χ1n) is 6.35. The summed E-state index contributed by atoms with van der Waals surface area (Å²) in [5.41, 5.74) is 1.47. The third kappa shape index (κ3) is 3.64. The normalized spacial score (nSPS) is 16.6. The largest absolute Gasteiger partial charge is 0.382 e. The van der Waals surface area contributed by atoms with Crippen LogP contribution in [0.15, 0.2) is 18.2 Å². The van der Waals surface area contributed by atoms with Crippen molar-refractivity contribution in [2.75, 3.05) is 25.0 Å². The third-order valence-electron chi connectivity index (χ3n) is 3.36. The fourth-order valence-corrected chi connectivity index (χ4v) is 2.46. The van der Waals surface area contributed by atoms with Crippen LogP contribution in [0.4, 0.5) is 5.69 Å². The Kier molecular flexibility index (Phi) is 4.68. The van der Waals surface area contributed by atoms with Crippen LogP contribution in [0.25, 0.3) is 0 Å². The van der Waals surface area contributed by atoms with Crippen molar-refractivity contribution >= 4 is 17.3 Å². The maximum atomic E-state index is 8.95. The van der Waals surface area contributed by atoms with E-state index in [2.05, 4.69) is 22.2 Å². The molecule has 0 saturated carbocycles. The lowest BCUT2D eigenvalue weighted by Gasteiger charge is -2.31. The first kappa shape index (κ1) is 13.7. The van der Waals surface area contributed by atoms with Crippen molar-refractivity contribution in [3.8, 4) is 18.4 Å². The van der Waals surface area contributed by atoms with Gasteiger partial charge in [-0.3, -0.25) is 4.90 Å². The van der Waals surface area contributed by atoms with Crippen LogP contribution in [0.3, 0.4) is 0 Å². The van der Waals surface area contributed by atoms with Crippen molar-refractivity contribution in [2.24, 2.45) is 0 Å². The van der Waals surface area contributed by atoms with Gasteiger partial charge in [0, 0.05) is 24.8 Å². The Bertz CT molecular complexity index is 519. The zero-order valence-electron chi connectivity index (χ0n) is 10.7. The van der Waals surface area contributed by atoms with Crippen molar-refractivity contribution < 1.29 is 0 Å². The van der Waals surface area contributed by atoms with E-state index in [0.717, 1.165) is 38.2 Å². The molecule has 0 radical (unpaired) electrons. The molecule has 1 saturated heterocycles. The molecular formula is C15H16ClN3. The van der Waals surface area contributed by atoms with E-state index in [1.165, 1.54) is 0 Å². The van der Waals surface area contributed by atoms with Gasteiger partial charge in [0.15, 0.2) is 0 Å². The number of likely N-dealkylation sites (tertiary alicyclic amines) is 1. The second-order valence-corrected chi connectivity index (χ2v) is 5.11. The summed E-state index contributed by atoms with van der Waals surface area (Å²) in [7, 11) is 0. The lowest BCUT2D eigenvalue weighted by atomic mass is 10.0. The molecule has 1 N–H and O–H groups in total. The Morgan fingerprint density at radius 3 is 2.79 bits per heavy atom. The summed E-state index contributed by atoms with van der Waals surface area (Å²) in [6, 6.07) is 8.00. The predicted octanol–water partition coefficient (Wildman–Crippen LogP) is 2.72. The van der Waals surface area contributed by atoms with Gasteiger partial charge in [0.1, 0.15) is 6.07 Å². The minimum Gasteiger partial charge on any atom is -0.382 e. The molecule has 3 nitrogen and oxygen atoms in total. The number of nitrogens with zero attached hydrogens (tertiary/aromatic N) is 2. The number of hydrogen-bond acceptors (Lipinski definition) is 3. The number of nitrogens with one attached hydrogen (secondary N) is 1. The maximum absolute atomic E-state index is 8.95. The van der Waals surface area contributed by atoms with Crippen LogP contribution >= 0.6 is 11.6 Å². The van der Waals surface area contributed by atoms with Crippen molar-refractivity contribution in [2.45, 2.75) is 18.9 Å². The molecule has 0 unspecified atom stereocenters. The zero-order valence-corrected chi connectivity index (χ0v) is 11.5. The minimum atomic E-state index is 0.432. The Balaban J connectivity index is 1.93. The number of piperidine rings is 1. The fraction of sp³-hybridized carbons (Fsp3) is 0.400. The van der Waals surface area contributed by atoms with Crippen molar-refractivity contribution in [1.82, 2.24) is 4.90 Å². The summed E-state index contributed by atoms with van der Waals surface area (Å²) in [5.74, 6) is 2.68. The van der Waals surface area contributed by atoms with E-state index in [-0.39, 0.29) is 0 Å². The van der Waals surface area contributed by atoms with Crippen molar-refractivity contribution in [3.63, 3.8) is 0 Å². The number of nitriles is 1. The van der Waals surface area contributed by atoms with Gasteiger partial charge in [0.25, 0.3) is 0 Å². The number of rotatable bonds is 3. The first-order chi connectivity index (χ1) is 9.22. The summed E-state index contributed by atoms with van der Waals surface area (Å²) in [6.07, 6.45) is 7.44. The second kappa shape index (κ2) is 6.48. The molecule has 1 aliphatic rings. The van der Waals surface area contributed by atoms with Crippen LogP contribution in [0.1, 0.15) is 18.4 Å². The molecule has 0 spiro atoms. The van der Waals surface area contributed by atoms with Gasteiger partial charge in [-0.2, -0.15) is 5.26 Å². The summed E-state index contributed by atoms with van der Waals surface area (Å²) >= 11 is 5.92. The fourth-order valence-electron chi connectivity index (χ4n) is 2.30. The molecule has 2 rings (SSSR count). The average molecular weight is 274 g/mol. The van der Waals surface area contributed by atoms with Gasteiger partial charge in [-0.15, -0.1) is 6.42 Å². The van der Waals surface area contributed by atoms with E-state index in [4.69, 9.17) is 23.3 Å². The highest BCUT2D eigenvalue weighted by atomic mass is 35.5. The summed E-state index contributed by atoms with van der Waals surface area (Å²) < 4.78 is 0. The van der Waals surface area contributed by atoms with Gasteiger partial charge < -0.3 is 5.32 Å². The van der Waals surface area contributed by atoms with Crippen molar-refractivity contribution in [3.05, 3.63) is 28.8 Å². The molecule has 19 heavy (non-hydrogen) atoms. The molecule has 1 aromatic rings. The SMILES string of the molecule is C#CCN1CCC(Nc2ccc(Cl)c(C#N)c2)CC1. The number of hydrogen-bond donors (Lipinski definition) is 1. The van der Waals surface area contributed by atoms with Crippen LogP contribution < -0.4 is 5.32 Å². The first-order valence-corrected chi connectivity index (χ1v) is 6.72. The van der Waals surface area contributed by atoms with E-state index in [1.807, 2.05) is 6.07 Å². The number of benzene rings is 1. The highest BCUT2D eigenvalue weighted by Gasteiger charge is 2.18. The van der Waals surface area contributed by atoms with Gasteiger partial charge in [-0.25, -0.2) is 0 Å². The van der Waals surface area contributed by atoms with E-state index in [0.29, 0.717) is 16.6 Å². The quantitative estimate of drug-likeness (QED) is 0.861. The highest BCUT2D eigenvalue weighted by molar-refractivity contribution is 6.31. The molecule has 1 aromatic carbocycles. The summed E-state index contributed by atoms with van der Waals surface area (Å²) in [6.45, 7) is 2.76. The monoisotopic (exact) mass is 273 g/mol. The molecule has 0 amide bonds. The number of anilines is 1. The molecule has 0 aromatic heterocycles. The van der Waals surface area contributed by atoms with Gasteiger partial charge >= 0.3 is 0 Å². The highest BCUT2D eigenvalue weighted by Crippen LogP contribution is 2.22. The van der Waals surface area contributed by atoms with Gasteiger partial charge in [-0.1, -0.05) is 17.5 Å². The topological polar surface area (TPSA) is 39.1 Å². The van der Waals surface area contributed by atoms with Crippen LogP contribution in [0.2, 0.25) is 5.02 Å². The molecule has 1 fully saturated rings. The predicted molar refractivity (Wildman–Crippen MR) is 78.1 cm³/mol. The van der Waals surface area contributed by atoms with Gasteiger partial charge in [0.05, 0.1) is 17.1 Å². The molecule has 1 heterocycles. The Hall–Kier alpha value is -1.68. The van der Waals surface area contributed by atoms with Gasteiger partial charge in [0.2, 0.25) is 0 Å². The summed E-state index contributed by atoms with van der Waals surface area (Å²) in [4.78, 5) is 2.28. The van der Waals surface area contributed by atoms with E-state index >= 15 is 0 Å². The van der Waals surface area contributed by atoms with E-state index in [1.54, 1.807) is 12.1 Å². The lowest BCUT2D eigenvalue weighted by Crippen LogP contribution is -2.39. The van der Waals surface area contributed by atoms with E-state index < -0.39 is 0 Å². The van der Waals surface area contributed by atoms with Crippen molar-refractivity contribution in [1.29, 1.82) is 5.26 Å². The van der Waals surface area contributed by atoms with Gasteiger partial charge in [-0.05, 0) is 31.0 Å². The third-order valence-corrected chi connectivity index (χ3v) is 3.69. The Morgan fingerprint density at radius 2 is 2.16 bits per heavy atom. The van der Waals surface area contributed by atoms with Crippen LogP contribution in [0.5, 0.6) is 0 Å². The maximum Gasteiger partial charge on any atom is 0.101 e. The van der Waals surface area contributed by atoms with Crippen LogP contribution in [-0.4, -0.2) is 30.6 Å². The Morgan fingerprint density at radius 1 is 1.42 bits per heavy atom. The summed E-state index contributed by atoms with van der Waals surface area (Å²) in [5, 5.41) is 12.9. The standard InChI is InChI=1S/C15H16ClN3/c1-2-7-19-8-5-13(6-9-19)18-14-3-4-15(16)12(10-14)11-17/h1,3-4,10,13,18H,5-9H2. The molecule has 1 aliphatic heterocycles. The molecular weight excluding hydrogens is 258 g/mol. The Labute approximate surface area is 119 Å². The second-order valence-electron chi connectivity index (χ2n) is 4.71. The van der Waals surface area contributed by atoms with E-state index in [9.17, 15) is 0 Å². The minimum absolute atomic E-state index is 0.432. The molecule has 4 heteroatoms. The molecule has 0 atom stereocenters. The van der Waals surface area contributed by atoms with Crippen LogP contribution in [0, 0.1) is 23.7 Å². The lowest BCUT2D eigenvalue weighted by molar-refractivity contribution is 0.243. The number of halogens is 1. The molecule has 0 bridgehead atoms.